The molecule has 5 nitrogen and oxygen atoms in total. The molecule has 29 heavy (non-hydrogen) atoms. The van der Waals surface area contributed by atoms with Gasteiger partial charge in [0.15, 0.2) is 0 Å². The lowest BCUT2D eigenvalue weighted by atomic mass is 10.1. The van der Waals surface area contributed by atoms with Crippen molar-refractivity contribution in [2.45, 2.75) is 20.8 Å². The van der Waals surface area contributed by atoms with Crippen LogP contribution in [0.2, 0.25) is 0 Å². The number of nitrogens with one attached hydrogen (secondary N) is 2. The fourth-order valence-corrected chi connectivity index (χ4v) is 3.02. The van der Waals surface area contributed by atoms with E-state index in [0.717, 1.165) is 16.9 Å². The van der Waals surface area contributed by atoms with Crippen LogP contribution in [-0.4, -0.2) is 18.4 Å². The highest BCUT2D eigenvalue weighted by molar-refractivity contribution is 6.06. The van der Waals surface area contributed by atoms with Gasteiger partial charge in [-0.2, -0.15) is 0 Å². The third-order valence-corrected chi connectivity index (χ3v) is 4.31. The minimum absolute atomic E-state index is 0.177. The lowest BCUT2D eigenvalue weighted by Gasteiger charge is -2.09. The van der Waals surface area contributed by atoms with Crippen molar-refractivity contribution in [2.24, 2.45) is 0 Å². The van der Waals surface area contributed by atoms with E-state index in [1.807, 2.05) is 51.1 Å². The van der Waals surface area contributed by atoms with Crippen molar-refractivity contribution in [1.82, 2.24) is 0 Å². The Kier molecular flexibility index (Phi) is 6.29. The Balaban J connectivity index is 1.63. The zero-order chi connectivity index (χ0) is 20.8. The van der Waals surface area contributed by atoms with Crippen molar-refractivity contribution in [3.8, 4) is 5.75 Å². The van der Waals surface area contributed by atoms with Crippen molar-refractivity contribution < 1.29 is 14.3 Å². The van der Waals surface area contributed by atoms with Crippen molar-refractivity contribution in [3.63, 3.8) is 0 Å². The van der Waals surface area contributed by atoms with Gasteiger partial charge in [0.1, 0.15) is 5.75 Å². The maximum atomic E-state index is 12.5. The number of hydrogen-bond acceptors (Lipinski definition) is 3. The van der Waals surface area contributed by atoms with Crippen molar-refractivity contribution in [3.05, 3.63) is 89.0 Å². The van der Waals surface area contributed by atoms with Gasteiger partial charge >= 0.3 is 0 Å². The Bertz CT molecular complexity index is 989. The monoisotopic (exact) mass is 388 g/mol. The molecule has 0 fully saturated rings. The molecule has 0 bridgehead atoms. The average Bonchev–Trinajstić information content (AvgIpc) is 2.69. The normalized spacial score (nSPS) is 10.3. The molecule has 0 radical (unpaired) electrons. The Morgan fingerprint density at radius 2 is 1.21 bits per heavy atom. The first kappa shape index (κ1) is 20.1. The van der Waals surface area contributed by atoms with Gasteiger partial charge in [-0.15, -0.1) is 0 Å². The van der Waals surface area contributed by atoms with E-state index >= 15 is 0 Å². The molecular formula is C24H24N2O3. The van der Waals surface area contributed by atoms with Gasteiger partial charge in [-0.1, -0.05) is 17.2 Å². The zero-order valence-corrected chi connectivity index (χ0v) is 16.8. The molecule has 0 aliphatic carbocycles. The molecule has 0 spiro atoms. The summed E-state index contributed by atoms with van der Waals surface area (Å²) < 4.78 is 5.39. The summed E-state index contributed by atoms with van der Waals surface area (Å²) >= 11 is 0. The van der Waals surface area contributed by atoms with Gasteiger partial charge in [0.25, 0.3) is 11.8 Å². The SMILES string of the molecule is CCOc1ccc(NC(=O)c2ccc(NC(=O)c3cc(C)cc(C)c3)cc2)cc1. The topological polar surface area (TPSA) is 67.4 Å². The fourth-order valence-electron chi connectivity index (χ4n) is 3.02. The minimum Gasteiger partial charge on any atom is -0.494 e. The average molecular weight is 388 g/mol. The number of ether oxygens (including phenoxy) is 1. The smallest absolute Gasteiger partial charge is 0.255 e. The summed E-state index contributed by atoms with van der Waals surface area (Å²) in [6.45, 7) is 6.44. The second kappa shape index (κ2) is 9.06. The molecule has 2 N–H and O–H groups in total. The summed E-state index contributed by atoms with van der Waals surface area (Å²) in [6, 6.07) is 19.7. The molecule has 0 heterocycles. The molecule has 3 aromatic rings. The van der Waals surface area contributed by atoms with E-state index in [1.165, 1.54) is 0 Å². The number of benzene rings is 3. The molecule has 148 valence electrons. The van der Waals surface area contributed by atoms with Gasteiger partial charge in [-0.3, -0.25) is 9.59 Å². The molecule has 0 aliphatic heterocycles. The van der Waals surface area contributed by atoms with Crippen molar-refractivity contribution >= 4 is 23.2 Å². The number of hydrogen-bond donors (Lipinski definition) is 2. The molecule has 0 saturated carbocycles. The number of carbonyl (C=O) groups excluding carboxylic acids is 2. The highest BCUT2D eigenvalue weighted by Crippen LogP contribution is 2.18. The molecule has 0 saturated heterocycles. The molecule has 3 rings (SSSR count). The van der Waals surface area contributed by atoms with Gasteiger partial charge in [0.05, 0.1) is 6.61 Å². The Morgan fingerprint density at radius 3 is 1.72 bits per heavy atom. The van der Waals surface area contributed by atoms with Crippen molar-refractivity contribution in [1.29, 1.82) is 0 Å². The first-order valence-corrected chi connectivity index (χ1v) is 9.48. The van der Waals surface area contributed by atoms with Gasteiger partial charge < -0.3 is 15.4 Å². The minimum atomic E-state index is -0.221. The quantitative estimate of drug-likeness (QED) is 0.609. The third-order valence-electron chi connectivity index (χ3n) is 4.31. The Hall–Kier alpha value is -3.60. The largest absolute Gasteiger partial charge is 0.494 e. The van der Waals surface area contributed by atoms with Crippen LogP contribution in [0.25, 0.3) is 0 Å². The predicted octanol–water partition coefficient (Wildman–Crippen LogP) is 5.21. The predicted molar refractivity (Wildman–Crippen MR) is 116 cm³/mol. The first-order valence-electron chi connectivity index (χ1n) is 9.48. The van der Waals surface area contributed by atoms with E-state index in [0.29, 0.717) is 29.1 Å². The number of anilines is 2. The van der Waals surface area contributed by atoms with E-state index in [9.17, 15) is 9.59 Å². The molecule has 0 atom stereocenters. The molecule has 2 amide bonds. The molecule has 0 aromatic heterocycles. The Morgan fingerprint density at radius 1 is 0.724 bits per heavy atom. The molecular weight excluding hydrogens is 364 g/mol. The van der Waals surface area contributed by atoms with Crippen LogP contribution in [0.4, 0.5) is 11.4 Å². The van der Waals surface area contributed by atoms with Gasteiger partial charge in [-0.05, 0) is 81.4 Å². The van der Waals surface area contributed by atoms with Crippen LogP contribution in [0, 0.1) is 13.8 Å². The summed E-state index contributed by atoms with van der Waals surface area (Å²) in [5, 5.41) is 5.71. The molecule has 3 aromatic carbocycles. The maximum absolute atomic E-state index is 12.5. The summed E-state index contributed by atoms with van der Waals surface area (Å²) in [7, 11) is 0. The lowest BCUT2D eigenvalue weighted by molar-refractivity contribution is 0.102. The summed E-state index contributed by atoms with van der Waals surface area (Å²) in [6.07, 6.45) is 0. The number of aryl methyl sites for hydroxylation is 2. The summed E-state index contributed by atoms with van der Waals surface area (Å²) in [5.74, 6) is 0.360. The first-order chi connectivity index (χ1) is 13.9. The third kappa shape index (κ3) is 5.45. The van der Waals surface area contributed by atoms with Crippen LogP contribution in [-0.2, 0) is 0 Å². The summed E-state index contributed by atoms with van der Waals surface area (Å²) in [5.41, 5.74) is 4.51. The van der Waals surface area contributed by atoms with Crippen LogP contribution >= 0.6 is 0 Å². The van der Waals surface area contributed by atoms with E-state index in [2.05, 4.69) is 10.6 Å². The Labute approximate surface area is 170 Å². The fraction of sp³-hybridized carbons (Fsp3) is 0.167. The van der Waals surface area contributed by atoms with Crippen molar-refractivity contribution in [2.75, 3.05) is 17.2 Å². The standard InChI is InChI=1S/C24H24N2O3/c1-4-29-22-11-9-21(10-12-22)25-23(27)18-5-7-20(8-6-18)26-24(28)19-14-16(2)13-17(3)15-19/h5-15H,4H2,1-3H3,(H,25,27)(H,26,28). The molecule has 0 unspecified atom stereocenters. The van der Waals surface area contributed by atoms with E-state index in [4.69, 9.17) is 4.74 Å². The summed E-state index contributed by atoms with van der Waals surface area (Å²) in [4.78, 5) is 24.9. The second-order valence-corrected chi connectivity index (χ2v) is 6.82. The van der Waals surface area contributed by atoms with Gasteiger partial charge in [-0.25, -0.2) is 0 Å². The molecule has 5 heteroatoms. The second-order valence-electron chi connectivity index (χ2n) is 6.82. The van der Waals surface area contributed by atoms with Crippen LogP contribution < -0.4 is 15.4 Å². The van der Waals surface area contributed by atoms with Crippen LogP contribution in [0.3, 0.4) is 0 Å². The molecule has 0 aliphatic rings. The maximum Gasteiger partial charge on any atom is 0.255 e. The van der Waals surface area contributed by atoms with Gasteiger partial charge in [0, 0.05) is 22.5 Å². The highest BCUT2D eigenvalue weighted by Gasteiger charge is 2.09. The van der Waals surface area contributed by atoms with E-state index < -0.39 is 0 Å². The van der Waals surface area contributed by atoms with Gasteiger partial charge in [0.2, 0.25) is 0 Å². The highest BCUT2D eigenvalue weighted by atomic mass is 16.5. The van der Waals surface area contributed by atoms with E-state index in [1.54, 1.807) is 36.4 Å². The van der Waals surface area contributed by atoms with Crippen LogP contribution in [0.15, 0.2) is 66.7 Å². The number of rotatable bonds is 6. The van der Waals surface area contributed by atoms with Crippen LogP contribution in [0.1, 0.15) is 38.8 Å². The zero-order valence-electron chi connectivity index (χ0n) is 16.8. The van der Waals surface area contributed by atoms with E-state index in [-0.39, 0.29) is 11.8 Å². The lowest BCUT2D eigenvalue weighted by Crippen LogP contribution is -2.14. The number of carbonyl (C=O) groups is 2. The van der Waals surface area contributed by atoms with Crippen LogP contribution in [0.5, 0.6) is 5.75 Å². The number of amides is 2.